The SMILES string of the molecule is CC(C)n1cncc1-c1cccnc1N. The maximum absolute atomic E-state index is 5.83. The van der Waals surface area contributed by atoms with Crippen LogP contribution in [-0.4, -0.2) is 14.5 Å². The van der Waals surface area contributed by atoms with Crippen molar-refractivity contribution in [3.63, 3.8) is 0 Å². The highest BCUT2D eigenvalue weighted by atomic mass is 15.1. The summed E-state index contributed by atoms with van der Waals surface area (Å²) >= 11 is 0. The van der Waals surface area contributed by atoms with Gasteiger partial charge in [0.15, 0.2) is 0 Å². The Labute approximate surface area is 88.8 Å². The summed E-state index contributed by atoms with van der Waals surface area (Å²) in [5.41, 5.74) is 7.77. The lowest BCUT2D eigenvalue weighted by molar-refractivity contribution is 0.605. The number of rotatable bonds is 2. The Bertz CT molecular complexity index is 459. The summed E-state index contributed by atoms with van der Waals surface area (Å²) in [5, 5.41) is 0. The number of anilines is 1. The molecule has 0 saturated heterocycles. The van der Waals surface area contributed by atoms with Crippen molar-refractivity contribution in [2.24, 2.45) is 0 Å². The maximum Gasteiger partial charge on any atom is 0.132 e. The highest BCUT2D eigenvalue weighted by Gasteiger charge is 2.10. The van der Waals surface area contributed by atoms with Crippen molar-refractivity contribution in [3.8, 4) is 11.3 Å². The van der Waals surface area contributed by atoms with Crippen molar-refractivity contribution in [3.05, 3.63) is 30.9 Å². The number of hydrogen-bond donors (Lipinski definition) is 1. The normalized spacial score (nSPS) is 10.9. The van der Waals surface area contributed by atoms with E-state index in [0.717, 1.165) is 11.3 Å². The molecule has 0 radical (unpaired) electrons. The van der Waals surface area contributed by atoms with E-state index >= 15 is 0 Å². The van der Waals surface area contributed by atoms with Gasteiger partial charge >= 0.3 is 0 Å². The average molecular weight is 202 g/mol. The summed E-state index contributed by atoms with van der Waals surface area (Å²) in [6.45, 7) is 4.22. The Morgan fingerprint density at radius 2 is 2.20 bits per heavy atom. The quantitative estimate of drug-likeness (QED) is 0.811. The Morgan fingerprint density at radius 3 is 2.87 bits per heavy atom. The van der Waals surface area contributed by atoms with E-state index in [9.17, 15) is 0 Å². The van der Waals surface area contributed by atoms with Crippen LogP contribution in [0.5, 0.6) is 0 Å². The monoisotopic (exact) mass is 202 g/mol. The number of pyridine rings is 1. The van der Waals surface area contributed by atoms with Crippen molar-refractivity contribution >= 4 is 5.82 Å². The molecule has 0 atom stereocenters. The van der Waals surface area contributed by atoms with E-state index in [1.54, 1.807) is 6.20 Å². The topological polar surface area (TPSA) is 56.7 Å². The first-order valence-corrected chi connectivity index (χ1v) is 4.93. The van der Waals surface area contributed by atoms with Gasteiger partial charge in [0.2, 0.25) is 0 Å². The molecule has 0 amide bonds. The largest absolute Gasteiger partial charge is 0.383 e. The van der Waals surface area contributed by atoms with Gasteiger partial charge in [-0.2, -0.15) is 0 Å². The number of nitrogens with zero attached hydrogens (tertiary/aromatic N) is 3. The molecule has 2 N–H and O–H groups in total. The molecule has 2 aromatic heterocycles. The molecule has 2 heterocycles. The molecule has 0 bridgehead atoms. The summed E-state index contributed by atoms with van der Waals surface area (Å²) in [5.74, 6) is 0.542. The van der Waals surface area contributed by atoms with Crippen LogP contribution in [0.15, 0.2) is 30.9 Å². The van der Waals surface area contributed by atoms with Gasteiger partial charge in [-0.25, -0.2) is 9.97 Å². The van der Waals surface area contributed by atoms with Gasteiger partial charge in [-0.1, -0.05) is 0 Å². The minimum absolute atomic E-state index is 0.363. The van der Waals surface area contributed by atoms with Crippen LogP contribution >= 0.6 is 0 Å². The van der Waals surface area contributed by atoms with E-state index in [4.69, 9.17) is 5.73 Å². The molecule has 0 aliphatic carbocycles. The zero-order valence-electron chi connectivity index (χ0n) is 8.88. The number of imidazole rings is 1. The first kappa shape index (κ1) is 9.71. The second-order valence-corrected chi connectivity index (χ2v) is 3.72. The van der Waals surface area contributed by atoms with Crippen molar-refractivity contribution in [1.82, 2.24) is 14.5 Å². The summed E-state index contributed by atoms with van der Waals surface area (Å²) in [4.78, 5) is 8.21. The van der Waals surface area contributed by atoms with Gasteiger partial charge in [-0.05, 0) is 26.0 Å². The highest BCUT2D eigenvalue weighted by Crippen LogP contribution is 2.25. The van der Waals surface area contributed by atoms with Crippen molar-refractivity contribution in [2.75, 3.05) is 5.73 Å². The number of nitrogens with two attached hydrogens (primary N) is 1. The second-order valence-electron chi connectivity index (χ2n) is 3.72. The smallest absolute Gasteiger partial charge is 0.132 e. The average Bonchev–Trinajstić information content (AvgIpc) is 2.67. The van der Waals surface area contributed by atoms with Crippen molar-refractivity contribution in [2.45, 2.75) is 19.9 Å². The molecule has 0 aliphatic heterocycles. The maximum atomic E-state index is 5.83. The molecule has 0 saturated carbocycles. The molecule has 0 aliphatic rings. The summed E-state index contributed by atoms with van der Waals surface area (Å²) in [6, 6.07) is 4.20. The van der Waals surface area contributed by atoms with Crippen LogP contribution in [0.1, 0.15) is 19.9 Å². The second kappa shape index (κ2) is 3.73. The van der Waals surface area contributed by atoms with E-state index in [1.807, 2.05) is 24.7 Å². The fourth-order valence-corrected chi connectivity index (χ4v) is 1.56. The first-order chi connectivity index (χ1) is 7.20. The zero-order valence-corrected chi connectivity index (χ0v) is 8.88. The Morgan fingerprint density at radius 1 is 1.40 bits per heavy atom. The number of hydrogen-bond acceptors (Lipinski definition) is 3. The van der Waals surface area contributed by atoms with Gasteiger partial charge in [0.25, 0.3) is 0 Å². The van der Waals surface area contributed by atoms with Crippen LogP contribution in [0.4, 0.5) is 5.82 Å². The fraction of sp³-hybridized carbons (Fsp3) is 0.273. The standard InChI is InChI=1S/C11H14N4/c1-8(2)15-7-13-6-10(15)9-4-3-5-14-11(9)12/h3-8H,1-2H3,(H2,12,14). The molecule has 0 fully saturated rings. The van der Waals surface area contributed by atoms with Gasteiger partial charge in [0.05, 0.1) is 18.2 Å². The van der Waals surface area contributed by atoms with Crippen LogP contribution in [0.3, 0.4) is 0 Å². The fourth-order valence-electron chi connectivity index (χ4n) is 1.56. The van der Waals surface area contributed by atoms with Gasteiger partial charge in [0.1, 0.15) is 5.82 Å². The first-order valence-electron chi connectivity index (χ1n) is 4.93. The molecular weight excluding hydrogens is 188 g/mol. The molecule has 4 nitrogen and oxygen atoms in total. The van der Waals surface area contributed by atoms with E-state index in [0.29, 0.717) is 11.9 Å². The summed E-state index contributed by atoms with van der Waals surface area (Å²) < 4.78 is 2.08. The van der Waals surface area contributed by atoms with Crippen LogP contribution in [0.25, 0.3) is 11.3 Å². The Balaban J connectivity index is 2.55. The van der Waals surface area contributed by atoms with Crippen molar-refractivity contribution in [1.29, 1.82) is 0 Å². The molecule has 15 heavy (non-hydrogen) atoms. The van der Waals surface area contributed by atoms with Crippen LogP contribution in [-0.2, 0) is 0 Å². The zero-order chi connectivity index (χ0) is 10.8. The van der Waals surface area contributed by atoms with E-state index in [1.165, 1.54) is 0 Å². The van der Waals surface area contributed by atoms with Gasteiger partial charge < -0.3 is 10.3 Å². The number of aromatic nitrogens is 3. The third-order valence-electron chi connectivity index (χ3n) is 2.34. The van der Waals surface area contributed by atoms with E-state index in [2.05, 4.69) is 28.4 Å². The van der Waals surface area contributed by atoms with E-state index < -0.39 is 0 Å². The molecule has 78 valence electrons. The predicted octanol–water partition coefficient (Wildman–Crippen LogP) is 2.11. The Kier molecular flexibility index (Phi) is 2.41. The van der Waals surface area contributed by atoms with Crippen LogP contribution in [0, 0.1) is 0 Å². The molecule has 4 heteroatoms. The molecular formula is C11H14N4. The lowest BCUT2D eigenvalue weighted by atomic mass is 10.2. The molecule has 0 unspecified atom stereocenters. The van der Waals surface area contributed by atoms with Crippen LogP contribution < -0.4 is 5.73 Å². The van der Waals surface area contributed by atoms with Gasteiger partial charge in [-0.15, -0.1) is 0 Å². The minimum Gasteiger partial charge on any atom is -0.383 e. The third-order valence-corrected chi connectivity index (χ3v) is 2.34. The lowest BCUT2D eigenvalue weighted by Crippen LogP contribution is -2.03. The van der Waals surface area contributed by atoms with Gasteiger partial charge in [-0.3, -0.25) is 0 Å². The Hall–Kier alpha value is -1.84. The molecule has 2 rings (SSSR count). The third kappa shape index (κ3) is 1.70. The summed E-state index contributed by atoms with van der Waals surface area (Å²) in [6.07, 6.45) is 5.31. The molecule has 2 aromatic rings. The summed E-state index contributed by atoms with van der Waals surface area (Å²) in [7, 11) is 0. The van der Waals surface area contributed by atoms with E-state index in [-0.39, 0.29) is 0 Å². The van der Waals surface area contributed by atoms with Crippen molar-refractivity contribution < 1.29 is 0 Å². The van der Waals surface area contributed by atoms with Crippen LogP contribution in [0.2, 0.25) is 0 Å². The molecule has 0 spiro atoms. The minimum atomic E-state index is 0.363. The predicted molar refractivity (Wildman–Crippen MR) is 60.3 cm³/mol. The van der Waals surface area contributed by atoms with Gasteiger partial charge in [0, 0.05) is 17.8 Å². The molecule has 0 aromatic carbocycles. The lowest BCUT2D eigenvalue weighted by Gasteiger charge is -2.12. The highest BCUT2D eigenvalue weighted by molar-refractivity contribution is 5.70. The number of nitrogen functional groups attached to an aromatic ring is 1.